The molecule has 11 heavy (non-hydrogen) atoms. The van der Waals surface area contributed by atoms with Gasteiger partial charge >= 0.3 is 0 Å². The van der Waals surface area contributed by atoms with E-state index in [2.05, 4.69) is 13.0 Å². The highest BCUT2D eigenvalue weighted by molar-refractivity contribution is 6.01. The van der Waals surface area contributed by atoms with Gasteiger partial charge in [-0.2, -0.15) is 0 Å². The molecule has 1 rings (SSSR count). The summed E-state index contributed by atoms with van der Waals surface area (Å²) in [5.74, 6) is 0.294. The maximum atomic E-state index is 11.2. The molecule has 0 aromatic rings. The Kier molecular flexibility index (Phi) is 2.28. The van der Waals surface area contributed by atoms with E-state index in [0.717, 1.165) is 12.0 Å². The fraction of sp³-hybridized carbons (Fsp3) is 0.500. The number of allylic oxidation sites excluding steroid dienone is 4. The minimum absolute atomic E-state index is 0.294. The van der Waals surface area contributed by atoms with Crippen molar-refractivity contribution in [2.45, 2.75) is 33.6 Å². The van der Waals surface area contributed by atoms with Crippen LogP contribution in [0.15, 0.2) is 22.8 Å². The van der Waals surface area contributed by atoms with Gasteiger partial charge in [0, 0.05) is 6.42 Å². The lowest BCUT2D eigenvalue weighted by molar-refractivity contribution is -0.114. The summed E-state index contributed by atoms with van der Waals surface area (Å²) in [5, 5.41) is 0. The molecule has 1 aliphatic rings. The highest BCUT2D eigenvalue weighted by Gasteiger charge is 2.19. The van der Waals surface area contributed by atoms with Crippen LogP contribution in [0.2, 0.25) is 0 Å². The van der Waals surface area contributed by atoms with Crippen molar-refractivity contribution in [3.63, 3.8) is 0 Å². The first-order chi connectivity index (χ1) is 5.16. The predicted molar refractivity (Wildman–Crippen MR) is 46.4 cm³/mol. The van der Waals surface area contributed by atoms with Crippen molar-refractivity contribution < 1.29 is 4.79 Å². The maximum Gasteiger partial charge on any atom is 0.163 e. The number of Topliss-reactive ketones (excluding diaryl/α,β-unsaturated/α-hetero) is 1. The van der Waals surface area contributed by atoms with Crippen LogP contribution >= 0.6 is 0 Å². The van der Waals surface area contributed by atoms with Crippen molar-refractivity contribution in [3.8, 4) is 0 Å². The quantitative estimate of drug-likeness (QED) is 0.561. The van der Waals surface area contributed by atoms with Crippen molar-refractivity contribution in [2.24, 2.45) is 0 Å². The Balaban J connectivity index is 2.95. The Morgan fingerprint density at radius 1 is 1.36 bits per heavy atom. The fourth-order valence-corrected chi connectivity index (χ4v) is 1.36. The third kappa shape index (κ3) is 1.42. The van der Waals surface area contributed by atoms with E-state index in [1.54, 1.807) is 0 Å². The van der Waals surface area contributed by atoms with E-state index in [0.29, 0.717) is 12.2 Å². The number of ketones is 1. The molecule has 0 bridgehead atoms. The first-order valence-corrected chi connectivity index (χ1v) is 4.07. The molecule has 0 heterocycles. The van der Waals surface area contributed by atoms with E-state index >= 15 is 0 Å². The predicted octanol–water partition coefficient (Wildman–Crippen LogP) is 2.63. The standard InChI is InChI=1S/C10H14O/c1-4-5-9-6-10(11)8(3)7(9)2/h5H,4,6H2,1-3H3/b9-5+. The zero-order chi connectivity index (χ0) is 8.43. The van der Waals surface area contributed by atoms with E-state index < -0.39 is 0 Å². The maximum absolute atomic E-state index is 11.2. The number of carbonyl (C=O) groups is 1. The molecule has 0 aromatic carbocycles. The Bertz CT molecular complexity index is 244. The molecule has 0 fully saturated rings. The molecule has 0 amide bonds. The molecule has 1 nitrogen and oxygen atoms in total. The van der Waals surface area contributed by atoms with E-state index in [1.165, 1.54) is 11.1 Å². The summed E-state index contributed by atoms with van der Waals surface area (Å²) in [4.78, 5) is 11.2. The molecular weight excluding hydrogens is 136 g/mol. The minimum Gasteiger partial charge on any atom is -0.294 e. The van der Waals surface area contributed by atoms with Crippen molar-refractivity contribution in [1.29, 1.82) is 0 Å². The number of carbonyl (C=O) groups excluding carboxylic acids is 1. The normalized spacial score (nSPS) is 22.1. The highest BCUT2D eigenvalue weighted by atomic mass is 16.1. The zero-order valence-corrected chi connectivity index (χ0v) is 7.40. The van der Waals surface area contributed by atoms with Crippen LogP contribution in [0.5, 0.6) is 0 Å². The Morgan fingerprint density at radius 3 is 2.36 bits per heavy atom. The first-order valence-electron chi connectivity index (χ1n) is 4.07. The van der Waals surface area contributed by atoms with Crippen LogP contribution in [-0.2, 0) is 4.79 Å². The van der Waals surface area contributed by atoms with Gasteiger partial charge in [0.25, 0.3) is 0 Å². The second kappa shape index (κ2) is 3.04. The molecule has 0 saturated heterocycles. The van der Waals surface area contributed by atoms with Gasteiger partial charge in [0.15, 0.2) is 5.78 Å². The molecule has 0 unspecified atom stereocenters. The lowest BCUT2D eigenvalue weighted by Crippen LogP contribution is -1.90. The largest absolute Gasteiger partial charge is 0.294 e. The summed E-state index contributed by atoms with van der Waals surface area (Å²) >= 11 is 0. The van der Waals surface area contributed by atoms with Crippen molar-refractivity contribution >= 4 is 5.78 Å². The molecule has 0 N–H and O–H groups in total. The number of hydrogen-bond acceptors (Lipinski definition) is 1. The highest BCUT2D eigenvalue weighted by Crippen LogP contribution is 2.27. The molecule has 0 saturated carbocycles. The van der Waals surface area contributed by atoms with Crippen LogP contribution in [0.1, 0.15) is 33.6 Å². The molecule has 60 valence electrons. The number of rotatable bonds is 1. The van der Waals surface area contributed by atoms with Crippen molar-refractivity contribution in [3.05, 3.63) is 22.8 Å². The van der Waals surface area contributed by atoms with Gasteiger partial charge in [-0.3, -0.25) is 4.79 Å². The van der Waals surface area contributed by atoms with Gasteiger partial charge in [-0.1, -0.05) is 13.0 Å². The minimum atomic E-state index is 0.294. The fourth-order valence-electron chi connectivity index (χ4n) is 1.36. The topological polar surface area (TPSA) is 17.1 Å². The molecular formula is C10H14O. The van der Waals surface area contributed by atoms with Crippen LogP contribution in [0.25, 0.3) is 0 Å². The lowest BCUT2D eigenvalue weighted by atomic mass is 10.1. The van der Waals surface area contributed by atoms with Gasteiger partial charge in [0.1, 0.15) is 0 Å². The van der Waals surface area contributed by atoms with E-state index in [4.69, 9.17) is 0 Å². The van der Waals surface area contributed by atoms with Crippen LogP contribution in [0.3, 0.4) is 0 Å². The van der Waals surface area contributed by atoms with E-state index in [1.807, 2.05) is 13.8 Å². The number of hydrogen-bond donors (Lipinski definition) is 0. The SMILES string of the molecule is CC/C=C1\CC(=O)C(C)=C1C. The summed E-state index contributed by atoms with van der Waals surface area (Å²) < 4.78 is 0. The van der Waals surface area contributed by atoms with Gasteiger partial charge in [-0.25, -0.2) is 0 Å². The molecule has 0 atom stereocenters. The third-order valence-electron chi connectivity index (χ3n) is 2.26. The first kappa shape index (κ1) is 8.25. The molecule has 1 heteroatoms. The summed E-state index contributed by atoms with van der Waals surface area (Å²) in [6.07, 6.45) is 3.79. The van der Waals surface area contributed by atoms with Crippen LogP contribution in [0.4, 0.5) is 0 Å². The van der Waals surface area contributed by atoms with Crippen LogP contribution in [-0.4, -0.2) is 5.78 Å². The monoisotopic (exact) mass is 150 g/mol. The van der Waals surface area contributed by atoms with Crippen LogP contribution in [0, 0.1) is 0 Å². The van der Waals surface area contributed by atoms with Crippen molar-refractivity contribution in [2.75, 3.05) is 0 Å². The Hall–Kier alpha value is -0.850. The zero-order valence-electron chi connectivity index (χ0n) is 7.40. The van der Waals surface area contributed by atoms with Gasteiger partial charge in [-0.15, -0.1) is 0 Å². The van der Waals surface area contributed by atoms with E-state index in [9.17, 15) is 4.79 Å². The smallest absolute Gasteiger partial charge is 0.163 e. The Morgan fingerprint density at radius 2 is 2.00 bits per heavy atom. The lowest BCUT2D eigenvalue weighted by Gasteiger charge is -1.95. The average molecular weight is 150 g/mol. The third-order valence-corrected chi connectivity index (χ3v) is 2.26. The summed E-state index contributed by atoms with van der Waals surface area (Å²) in [6.45, 7) is 6.04. The second-order valence-electron chi connectivity index (χ2n) is 2.99. The molecule has 0 spiro atoms. The molecule has 0 aromatic heterocycles. The molecule has 1 aliphatic carbocycles. The van der Waals surface area contributed by atoms with Crippen molar-refractivity contribution in [1.82, 2.24) is 0 Å². The Labute approximate surface area is 67.8 Å². The molecule has 0 aliphatic heterocycles. The van der Waals surface area contributed by atoms with Gasteiger partial charge in [-0.05, 0) is 37.0 Å². The second-order valence-corrected chi connectivity index (χ2v) is 2.99. The van der Waals surface area contributed by atoms with Gasteiger partial charge < -0.3 is 0 Å². The summed E-state index contributed by atoms with van der Waals surface area (Å²) in [7, 11) is 0. The molecule has 0 radical (unpaired) electrons. The van der Waals surface area contributed by atoms with Gasteiger partial charge in [0.2, 0.25) is 0 Å². The average Bonchev–Trinajstić information content (AvgIpc) is 2.19. The summed E-state index contributed by atoms with van der Waals surface area (Å²) in [5.41, 5.74) is 3.37. The van der Waals surface area contributed by atoms with E-state index in [-0.39, 0.29) is 0 Å². The summed E-state index contributed by atoms with van der Waals surface area (Å²) in [6, 6.07) is 0. The van der Waals surface area contributed by atoms with Gasteiger partial charge in [0.05, 0.1) is 0 Å². The van der Waals surface area contributed by atoms with Crippen LogP contribution < -0.4 is 0 Å².